The second-order valence-electron chi connectivity index (χ2n) is 7.76. The highest BCUT2D eigenvalue weighted by molar-refractivity contribution is 7.80. The van der Waals surface area contributed by atoms with Crippen LogP contribution >= 0.6 is 12.2 Å². The Morgan fingerprint density at radius 1 is 0.714 bits per heavy atom. The number of para-hydroxylation sites is 2. The predicted molar refractivity (Wildman–Crippen MR) is 128 cm³/mol. The van der Waals surface area contributed by atoms with Gasteiger partial charge in [0.1, 0.15) is 0 Å². The Labute approximate surface area is 206 Å². The van der Waals surface area contributed by atoms with E-state index in [1.54, 1.807) is 36.4 Å². The van der Waals surface area contributed by atoms with E-state index in [0.29, 0.717) is 34.1 Å². The lowest BCUT2D eigenvalue weighted by Crippen LogP contribution is -2.73. The van der Waals surface area contributed by atoms with E-state index in [9.17, 15) is 14.4 Å². The van der Waals surface area contributed by atoms with Crippen LogP contribution in [0.3, 0.4) is 0 Å². The molecule has 2 aromatic rings. The van der Waals surface area contributed by atoms with Gasteiger partial charge in [0.05, 0.1) is 40.5 Å². The summed E-state index contributed by atoms with van der Waals surface area (Å²) in [7, 11) is 5.84. The molecule has 0 saturated carbocycles. The molecule has 2 saturated heterocycles. The van der Waals surface area contributed by atoms with Crippen LogP contribution in [-0.2, 0) is 9.59 Å². The first kappa shape index (κ1) is 24.1. The third kappa shape index (κ3) is 3.66. The fourth-order valence-electron chi connectivity index (χ4n) is 4.69. The van der Waals surface area contributed by atoms with Crippen LogP contribution in [0.25, 0.3) is 0 Å². The maximum absolute atomic E-state index is 13.7. The Morgan fingerprint density at radius 3 is 1.51 bits per heavy atom. The Balaban J connectivity index is 2.04. The summed E-state index contributed by atoms with van der Waals surface area (Å²) in [6.45, 7) is 0. The molecule has 4 rings (SSSR count). The molecule has 2 aliphatic heterocycles. The number of ether oxygens (including phenoxy) is 4. The second-order valence-corrected chi connectivity index (χ2v) is 8.16. The van der Waals surface area contributed by atoms with Crippen LogP contribution in [0.1, 0.15) is 23.2 Å². The number of rotatable bonds is 6. The number of amides is 4. The Bertz CT molecular complexity index is 1130. The first-order valence-corrected chi connectivity index (χ1v) is 10.9. The molecule has 12 heteroatoms. The summed E-state index contributed by atoms with van der Waals surface area (Å²) in [6, 6.07) is 7.06. The molecule has 0 radical (unpaired) electrons. The minimum atomic E-state index is -1.96. The molecule has 35 heavy (non-hydrogen) atoms. The number of methoxy groups -OCH3 is 4. The van der Waals surface area contributed by atoms with Gasteiger partial charge >= 0.3 is 6.03 Å². The number of carbonyl (C=O) groups is 3. The first-order chi connectivity index (χ1) is 16.8. The van der Waals surface area contributed by atoms with Gasteiger partial charge in [-0.05, 0) is 24.4 Å². The normalized spacial score (nSPS) is 20.8. The van der Waals surface area contributed by atoms with Gasteiger partial charge in [0.25, 0.3) is 0 Å². The van der Waals surface area contributed by atoms with Crippen LogP contribution < -0.4 is 40.2 Å². The summed E-state index contributed by atoms with van der Waals surface area (Å²) in [6.07, 6.45) is 0. The van der Waals surface area contributed by atoms with Crippen molar-refractivity contribution >= 4 is 35.2 Å². The van der Waals surface area contributed by atoms with Gasteiger partial charge in [-0.25, -0.2) is 4.79 Å². The van der Waals surface area contributed by atoms with Crippen LogP contribution in [0, 0.1) is 5.41 Å². The number of urea groups is 1. The number of thiocarbonyl (C=S) groups is 1. The third-order valence-corrected chi connectivity index (χ3v) is 6.39. The van der Waals surface area contributed by atoms with Gasteiger partial charge in [0.2, 0.25) is 11.8 Å². The second kappa shape index (κ2) is 9.29. The molecule has 0 aliphatic carbocycles. The number of nitrogens with one attached hydrogen (secondary N) is 4. The van der Waals surface area contributed by atoms with Gasteiger partial charge < -0.3 is 29.6 Å². The molecular weight excluding hydrogens is 476 g/mol. The van der Waals surface area contributed by atoms with Crippen molar-refractivity contribution in [3.05, 3.63) is 47.5 Å². The predicted octanol–water partition coefficient (Wildman–Crippen LogP) is 1.33. The van der Waals surface area contributed by atoms with Crippen molar-refractivity contribution in [2.75, 3.05) is 28.4 Å². The lowest BCUT2D eigenvalue weighted by atomic mass is 9.65. The van der Waals surface area contributed by atoms with Crippen LogP contribution in [0.2, 0.25) is 0 Å². The highest BCUT2D eigenvalue weighted by Gasteiger charge is 2.65. The summed E-state index contributed by atoms with van der Waals surface area (Å²) < 4.78 is 22.1. The molecule has 2 fully saturated rings. The molecule has 4 amide bonds. The maximum atomic E-state index is 13.7. The number of benzene rings is 2. The van der Waals surface area contributed by atoms with E-state index in [-0.39, 0.29) is 5.11 Å². The van der Waals surface area contributed by atoms with Crippen molar-refractivity contribution in [3.8, 4) is 23.0 Å². The minimum Gasteiger partial charge on any atom is -0.493 e. The zero-order valence-electron chi connectivity index (χ0n) is 19.4. The zero-order valence-corrected chi connectivity index (χ0v) is 20.2. The molecule has 2 heterocycles. The average Bonchev–Trinajstić information content (AvgIpc) is 2.85. The third-order valence-electron chi connectivity index (χ3n) is 6.16. The lowest BCUT2D eigenvalue weighted by molar-refractivity contribution is -0.150. The Hall–Kier alpha value is -4.06. The number of hydrogen-bond donors (Lipinski definition) is 4. The zero-order chi connectivity index (χ0) is 25.3. The van der Waals surface area contributed by atoms with Gasteiger partial charge in [-0.1, -0.05) is 24.3 Å². The number of barbiturate groups is 1. The van der Waals surface area contributed by atoms with Crippen molar-refractivity contribution in [2.24, 2.45) is 5.41 Å². The van der Waals surface area contributed by atoms with E-state index in [1.165, 1.54) is 28.4 Å². The van der Waals surface area contributed by atoms with Crippen molar-refractivity contribution < 1.29 is 33.3 Å². The smallest absolute Gasteiger partial charge is 0.328 e. The van der Waals surface area contributed by atoms with Crippen LogP contribution in [0.5, 0.6) is 23.0 Å². The maximum Gasteiger partial charge on any atom is 0.328 e. The lowest BCUT2D eigenvalue weighted by Gasteiger charge is -2.49. The summed E-state index contributed by atoms with van der Waals surface area (Å²) in [5.74, 6) is -0.308. The van der Waals surface area contributed by atoms with Crippen LogP contribution in [0.15, 0.2) is 36.4 Å². The van der Waals surface area contributed by atoms with E-state index in [1.807, 2.05) is 0 Å². The Kier molecular flexibility index (Phi) is 6.39. The largest absolute Gasteiger partial charge is 0.493 e. The molecule has 184 valence electrons. The van der Waals surface area contributed by atoms with E-state index in [2.05, 4.69) is 21.3 Å². The molecular formula is C23H24N4O7S. The topological polar surface area (TPSA) is 136 Å². The molecule has 4 N–H and O–H groups in total. The molecule has 2 aromatic carbocycles. The van der Waals surface area contributed by atoms with Gasteiger partial charge in [0.15, 0.2) is 33.5 Å². The molecule has 2 aliphatic rings. The first-order valence-electron chi connectivity index (χ1n) is 10.5. The Morgan fingerprint density at radius 2 is 1.14 bits per heavy atom. The van der Waals surface area contributed by atoms with Crippen molar-refractivity contribution in [3.63, 3.8) is 0 Å². The molecule has 2 atom stereocenters. The van der Waals surface area contributed by atoms with Crippen molar-refractivity contribution in [1.82, 2.24) is 21.3 Å². The summed E-state index contributed by atoms with van der Waals surface area (Å²) in [5, 5.41) is 10.7. The van der Waals surface area contributed by atoms with Crippen LogP contribution in [-0.4, -0.2) is 51.4 Å². The van der Waals surface area contributed by atoms with E-state index in [4.69, 9.17) is 31.2 Å². The highest BCUT2D eigenvalue weighted by atomic mass is 32.1. The summed E-state index contributed by atoms with van der Waals surface area (Å²) in [4.78, 5) is 39.5. The molecule has 1 spiro atoms. The molecule has 0 bridgehead atoms. The average molecular weight is 501 g/mol. The van der Waals surface area contributed by atoms with Crippen molar-refractivity contribution in [2.45, 2.75) is 12.1 Å². The van der Waals surface area contributed by atoms with Gasteiger partial charge in [-0.2, -0.15) is 0 Å². The van der Waals surface area contributed by atoms with Gasteiger partial charge in [0, 0.05) is 11.1 Å². The van der Waals surface area contributed by atoms with E-state index >= 15 is 0 Å². The molecule has 11 nitrogen and oxygen atoms in total. The van der Waals surface area contributed by atoms with E-state index in [0.717, 1.165) is 0 Å². The fraction of sp³-hybridized carbons (Fsp3) is 0.304. The van der Waals surface area contributed by atoms with Crippen LogP contribution in [0.4, 0.5) is 4.79 Å². The summed E-state index contributed by atoms with van der Waals surface area (Å²) in [5.41, 5.74) is -1.13. The van der Waals surface area contributed by atoms with E-state index < -0.39 is 35.3 Å². The number of carbonyl (C=O) groups excluding carboxylic acids is 3. The van der Waals surface area contributed by atoms with Crippen molar-refractivity contribution in [1.29, 1.82) is 0 Å². The van der Waals surface area contributed by atoms with Gasteiger partial charge in [-0.3, -0.25) is 20.2 Å². The SMILES string of the molecule is COc1cccc(C2NC(=S)NC(c3cccc(OC)c3OC)C23C(=O)NC(=O)NC3=O)c1OC. The minimum absolute atomic E-state index is 0.165. The quantitative estimate of drug-likeness (QED) is 0.340. The molecule has 0 aromatic heterocycles. The fourth-order valence-corrected chi connectivity index (χ4v) is 4.93. The number of hydrogen-bond acceptors (Lipinski definition) is 8. The highest BCUT2D eigenvalue weighted by Crippen LogP contribution is 2.53. The molecule has 2 unspecified atom stereocenters. The number of imide groups is 2. The van der Waals surface area contributed by atoms with Gasteiger partial charge in [-0.15, -0.1) is 0 Å². The monoisotopic (exact) mass is 500 g/mol. The summed E-state index contributed by atoms with van der Waals surface area (Å²) >= 11 is 5.50. The standard InChI is InChI=1S/C23H24N4O7S/c1-31-13-9-5-7-11(15(13)33-3)17-23(19(28)26-21(30)27-20(23)29)18(25-22(35)24-17)12-8-6-10-14(32-2)16(12)34-4/h5-10,17-18H,1-4H3,(H2,24,25,35)(H2,26,27,28,29,30).